The molecular weight excluding hydrogens is 375 g/mol. The normalized spacial score (nSPS) is 16.1. The Bertz CT molecular complexity index is 525. The van der Waals surface area contributed by atoms with E-state index in [9.17, 15) is 0 Å². The number of aromatic nitrogens is 3. The fourth-order valence-electron chi connectivity index (χ4n) is 1.92. The molecule has 0 bridgehead atoms. The summed E-state index contributed by atoms with van der Waals surface area (Å²) in [4.78, 5) is 8.02. The molecule has 1 fully saturated rings. The molecule has 0 aromatic carbocycles. The molecule has 0 atom stereocenters. The summed E-state index contributed by atoms with van der Waals surface area (Å²) < 4.78 is 1.94. The summed E-state index contributed by atoms with van der Waals surface area (Å²) in [5.74, 6) is 6.00. The largest absolute Gasteiger partial charge is 0.383 e. The maximum Gasteiger partial charge on any atom is 0.156 e. The first-order valence-corrected chi connectivity index (χ1v) is 9.40. The second-order valence-corrected chi connectivity index (χ2v) is 6.02. The number of nitrogens with two attached hydrogens (primary N) is 2. The zero-order valence-electron chi connectivity index (χ0n) is 10.5. The summed E-state index contributed by atoms with van der Waals surface area (Å²) >= 11 is 2.19. The third-order valence-corrected chi connectivity index (χ3v) is 4.66. The molecule has 3 rings (SSSR count). The lowest BCUT2D eigenvalue weighted by Gasteiger charge is -2.20. The second kappa shape index (κ2) is 7.27. The Hall–Kier alpha value is -0.580. The van der Waals surface area contributed by atoms with Gasteiger partial charge in [-0.3, -0.25) is 9.82 Å². The van der Waals surface area contributed by atoms with Crippen LogP contribution in [0.3, 0.4) is 0 Å². The topological polar surface area (TPSA) is 86.0 Å². The average molecular weight is 392 g/mol. The van der Waals surface area contributed by atoms with E-state index in [1.165, 1.54) is 25.6 Å². The molecule has 8 heteroatoms. The minimum absolute atomic E-state index is 0.532. The van der Waals surface area contributed by atoms with E-state index < -0.39 is 0 Å². The molecule has 3 heterocycles. The predicted octanol–water partition coefficient (Wildman–Crippen LogP) is 2.21. The molecule has 4 N–H and O–H groups in total. The minimum atomic E-state index is 0.532. The lowest BCUT2D eigenvalue weighted by Crippen LogP contribution is -2.35. The van der Waals surface area contributed by atoms with Gasteiger partial charge in [0.2, 0.25) is 0 Å². The van der Waals surface area contributed by atoms with Crippen molar-refractivity contribution < 1.29 is 0 Å². The molecule has 0 amide bonds. The van der Waals surface area contributed by atoms with Gasteiger partial charge in [0.15, 0.2) is 5.65 Å². The van der Waals surface area contributed by atoms with Crippen molar-refractivity contribution in [1.29, 1.82) is 0 Å². The SMILES string of the molecule is NN1CCCCC1.Nc1ncnc2c1ccn2SI. The van der Waals surface area contributed by atoms with E-state index >= 15 is 0 Å². The van der Waals surface area contributed by atoms with Crippen LogP contribution in [0.2, 0.25) is 0 Å². The summed E-state index contributed by atoms with van der Waals surface area (Å²) in [6, 6.07) is 1.91. The van der Waals surface area contributed by atoms with E-state index in [2.05, 4.69) is 31.2 Å². The maximum absolute atomic E-state index is 5.65. The number of nitrogen functional groups attached to an aromatic ring is 1. The van der Waals surface area contributed by atoms with Gasteiger partial charge in [0.25, 0.3) is 0 Å². The molecule has 0 radical (unpaired) electrons. The molecule has 2 aromatic rings. The van der Waals surface area contributed by atoms with Crippen molar-refractivity contribution in [2.45, 2.75) is 19.3 Å². The van der Waals surface area contributed by atoms with Crippen molar-refractivity contribution in [3.8, 4) is 0 Å². The van der Waals surface area contributed by atoms with E-state index in [-0.39, 0.29) is 0 Å². The van der Waals surface area contributed by atoms with Crippen LogP contribution in [0.5, 0.6) is 0 Å². The summed E-state index contributed by atoms with van der Waals surface area (Å²) in [6.45, 7) is 2.19. The van der Waals surface area contributed by atoms with Crippen molar-refractivity contribution in [2.24, 2.45) is 5.84 Å². The Kier molecular flexibility index (Phi) is 5.67. The van der Waals surface area contributed by atoms with Gasteiger partial charge in [-0.2, -0.15) is 0 Å². The Labute approximate surface area is 128 Å². The molecule has 2 aromatic heterocycles. The van der Waals surface area contributed by atoms with Crippen LogP contribution in [-0.4, -0.2) is 32.0 Å². The smallest absolute Gasteiger partial charge is 0.156 e. The van der Waals surface area contributed by atoms with E-state index in [4.69, 9.17) is 11.6 Å². The molecule has 0 aliphatic carbocycles. The average Bonchev–Trinajstić information content (AvgIpc) is 2.85. The van der Waals surface area contributed by atoms with Crippen molar-refractivity contribution in [2.75, 3.05) is 18.8 Å². The molecule has 0 unspecified atom stereocenters. The Morgan fingerprint density at radius 3 is 2.53 bits per heavy atom. The quantitative estimate of drug-likeness (QED) is 0.572. The molecule has 0 spiro atoms. The van der Waals surface area contributed by atoms with Crippen LogP contribution in [-0.2, 0) is 0 Å². The van der Waals surface area contributed by atoms with Crippen molar-refractivity contribution >= 4 is 47.2 Å². The molecule has 1 aliphatic heterocycles. The molecule has 1 saturated heterocycles. The molecule has 19 heavy (non-hydrogen) atoms. The van der Waals surface area contributed by atoms with Crippen LogP contribution in [0.15, 0.2) is 18.6 Å². The number of hydrazine groups is 1. The number of fused-ring (bicyclic) bond motifs is 1. The van der Waals surface area contributed by atoms with Gasteiger partial charge in [0, 0.05) is 49.6 Å². The van der Waals surface area contributed by atoms with Crippen LogP contribution in [0, 0.1) is 0 Å². The molecule has 1 aliphatic rings. The zero-order chi connectivity index (χ0) is 13.7. The Balaban J connectivity index is 0.000000163. The first kappa shape index (κ1) is 14.8. The summed E-state index contributed by atoms with van der Waals surface area (Å²) in [7, 11) is 1.55. The van der Waals surface area contributed by atoms with E-state index in [0.717, 1.165) is 24.1 Å². The first-order valence-electron chi connectivity index (χ1n) is 6.08. The molecule has 0 saturated carbocycles. The van der Waals surface area contributed by atoms with Crippen LogP contribution in [0.1, 0.15) is 19.3 Å². The predicted molar refractivity (Wildman–Crippen MR) is 88.6 cm³/mol. The van der Waals surface area contributed by atoms with Crippen LogP contribution in [0.25, 0.3) is 11.0 Å². The number of nitrogens with zero attached hydrogens (tertiary/aromatic N) is 4. The maximum atomic E-state index is 5.65. The highest BCUT2D eigenvalue weighted by Crippen LogP contribution is 2.24. The highest BCUT2D eigenvalue weighted by molar-refractivity contribution is 14.2. The monoisotopic (exact) mass is 392 g/mol. The lowest BCUT2D eigenvalue weighted by atomic mass is 10.2. The highest BCUT2D eigenvalue weighted by atomic mass is 127. The summed E-state index contributed by atoms with van der Waals surface area (Å²) in [5.41, 5.74) is 6.51. The van der Waals surface area contributed by atoms with Gasteiger partial charge in [0.05, 0.1) is 5.39 Å². The van der Waals surface area contributed by atoms with Gasteiger partial charge >= 0.3 is 0 Å². The number of anilines is 1. The Morgan fingerprint density at radius 1 is 1.21 bits per heavy atom. The standard InChI is InChI=1S/C6H5IN4S.C5H12N2/c7-12-11-2-1-4-5(8)9-3-10-6(4)11;6-7-4-2-1-3-5-7/h1-3H,(H2,8,9,10);1-6H2. The number of hydrogen-bond donors (Lipinski definition) is 2. The van der Waals surface area contributed by atoms with Crippen molar-refractivity contribution in [3.05, 3.63) is 18.6 Å². The fourth-order valence-corrected chi connectivity index (χ4v) is 3.19. The van der Waals surface area contributed by atoms with Gasteiger partial charge in [0.1, 0.15) is 12.1 Å². The fraction of sp³-hybridized carbons (Fsp3) is 0.455. The van der Waals surface area contributed by atoms with E-state index in [1.807, 2.05) is 21.2 Å². The van der Waals surface area contributed by atoms with Crippen LogP contribution < -0.4 is 11.6 Å². The lowest BCUT2D eigenvalue weighted by molar-refractivity contribution is 0.235. The zero-order valence-corrected chi connectivity index (χ0v) is 13.5. The van der Waals surface area contributed by atoms with E-state index in [0.29, 0.717) is 5.82 Å². The second-order valence-electron chi connectivity index (χ2n) is 4.30. The number of halogens is 1. The van der Waals surface area contributed by atoms with Crippen molar-refractivity contribution in [3.63, 3.8) is 0 Å². The van der Waals surface area contributed by atoms with Gasteiger partial charge in [-0.15, -0.1) is 0 Å². The summed E-state index contributed by atoms with van der Waals surface area (Å²) in [6.07, 6.45) is 7.34. The van der Waals surface area contributed by atoms with Crippen LogP contribution in [0.4, 0.5) is 5.82 Å². The number of rotatable bonds is 1. The van der Waals surface area contributed by atoms with Crippen molar-refractivity contribution in [1.82, 2.24) is 18.9 Å². The Morgan fingerprint density at radius 2 is 1.95 bits per heavy atom. The number of hydrogen-bond acceptors (Lipinski definition) is 6. The van der Waals surface area contributed by atoms with Gasteiger partial charge < -0.3 is 5.73 Å². The summed E-state index contributed by atoms with van der Waals surface area (Å²) in [5, 5.41) is 2.80. The van der Waals surface area contributed by atoms with E-state index in [1.54, 1.807) is 9.12 Å². The third-order valence-electron chi connectivity index (χ3n) is 2.94. The molecule has 6 nitrogen and oxygen atoms in total. The van der Waals surface area contributed by atoms with Gasteiger partial charge in [-0.25, -0.2) is 15.0 Å². The minimum Gasteiger partial charge on any atom is -0.383 e. The third kappa shape index (κ3) is 3.94. The highest BCUT2D eigenvalue weighted by Gasteiger charge is 2.04. The molecular formula is C11H17IN6S. The van der Waals surface area contributed by atoms with Gasteiger partial charge in [-0.1, -0.05) is 6.42 Å². The molecule has 104 valence electrons. The first-order chi connectivity index (χ1) is 9.22. The van der Waals surface area contributed by atoms with Gasteiger partial charge in [-0.05, 0) is 18.9 Å². The number of piperidine rings is 1. The van der Waals surface area contributed by atoms with Crippen LogP contribution >= 0.6 is 30.3 Å².